The minimum absolute atomic E-state index is 0.170. The van der Waals surface area contributed by atoms with Gasteiger partial charge in [-0.1, -0.05) is 6.07 Å². The van der Waals surface area contributed by atoms with E-state index in [-0.39, 0.29) is 18.4 Å². The maximum atomic E-state index is 12.5. The lowest BCUT2D eigenvalue weighted by Crippen LogP contribution is -2.20. The van der Waals surface area contributed by atoms with Crippen LogP contribution in [0.3, 0.4) is 0 Å². The summed E-state index contributed by atoms with van der Waals surface area (Å²) in [6.07, 6.45) is 5.01. The van der Waals surface area contributed by atoms with E-state index in [4.69, 9.17) is 9.47 Å². The van der Waals surface area contributed by atoms with Gasteiger partial charge in [-0.25, -0.2) is 9.67 Å². The summed E-state index contributed by atoms with van der Waals surface area (Å²) >= 11 is 0. The van der Waals surface area contributed by atoms with Crippen molar-refractivity contribution in [3.8, 4) is 17.3 Å². The van der Waals surface area contributed by atoms with Gasteiger partial charge in [-0.05, 0) is 54.6 Å². The number of carbonyl (C=O) groups is 2. The molecule has 0 aliphatic carbocycles. The maximum Gasteiger partial charge on any atom is 0.262 e. The van der Waals surface area contributed by atoms with Crippen molar-refractivity contribution in [1.82, 2.24) is 14.8 Å². The Morgan fingerprint density at radius 1 is 0.939 bits per heavy atom. The van der Waals surface area contributed by atoms with E-state index in [0.29, 0.717) is 34.3 Å². The summed E-state index contributed by atoms with van der Waals surface area (Å²) in [5, 5.41) is 9.64. The third kappa shape index (κ3) is 5.73. The standard InChI is InChI=1S/C24H21N5O4/c1-32-21-5-2-4-18(14-21)27-23(30)16-33-20-9-6-17(7-10-20)24(31)28-19-8-11-22(25-15-19)29-13-3-12-26-29/h2-15H,16H2,1H3,(H,27,30)(H,28,31). The zero-order valence-corrected chi connectivity index (χ0v) is 17.8. The number of nitrogens with one attached hydrogen (secondary N) is 2. The zero-order chi connectivity index (χ0) is 23.0. The van der Waals surface area contributed by atoms with Crippen LogP contribution in [0.2, 0.25) is 0 Å². The number of hydrogen-bond acceptors (Lipinski definition) is 6. The smallest absolute Gasteiger partial charge is 0.262 e. The van der Waals surface area contributed by atoms with Gasteiger partial charge in [0.2, 0.25) is 0 Å². The van der Waals surface area contributed by atoms with E-state index < -0.39 is 0 Å². The lowest BCUT2D eigenvalue weighted by atomic mass is 10.2. The number of pyridine rings is 1. The Morgan fingerprint density at radius 2 is 1.79 bits per heavy atom. The van der Waals surface area contributed by atoms with Gasteiger partial charge in [0.25, 0.3) is 11.8 Å². The number of anilines is 2. The molecular formula is C24H21N5O4. The fourth-order valence-electron chi connectivity index (χ4n) is 2.95. The van der Waals surface area contributed by atoms with Crippen LogP contribution in [-0.4, -0.2) is 40.3 Å². The van der Waals surface area contributed by atoms with Crippen LogP contribution in [0.4, 0.5) is 11.4 Å². The van der Waals surface area contributed by atoms with Gasteiger partial charge in [0, 0.05) is 29.7 Å². The maximum absolute atomic E-state index is 12.5. The van der Waals surface area contributed by atoms with Crippen molar-refractivity contribution in [3.05, 3.63) is 90.9 Å². The van der Waals surface area contributed by atoms with Crippen molar-refractivity contribution in [2.45, 2.75) is 0 Å². The molecule has 0 fully saturated rings. The van der Waals surface area contributed by atoms with E-state index in [1.807, 2.05) is 0 Å². The summed E-state index contributed by atoms with van der Waals surface area (Å²) in [7, 11) is 1.56. The molecule has 2 N–H and O–H groups in total. The molecule has 0 bridgehead atoms. The molecule has 0 aliphatic rings. The number of amides is 2. The lowest BCUT2D eigenvalue weighted by molar-refractivity contribution is -0.118. The molecule has 0 radical (unpaired) electrons. The number of aromatic nitrogens is 3. The normalized spacial score (nSPS) is 10.3. The second kappa shape index (κ2) is 10.1. The number of carbonyl (C=O) groups excluding carboxylic acids is 2. The minimum Gasteiger partial charge on any atom is -0.497 e. The Kier molecular flexibility index (Phi) is 6.60. The zero-order valence-electron chi connectivity index (χ0n) is 17.8. The summed E-state index contributed by atoms with van der Waals surface area (Å²) in [6, 6.07) is 18.9. The molecule has 0 saturated carbocycles. The first-order chi connectivity index (χ1) is 16.1. The van der Waals surface area contributed by atoms with E-state index in [1.165, 1.54) is 0 Å². The van der Waals surface area contributed by atoms with Crippen LogP contribution in [0.5, 0.6) is 11.5 Å². The van der Waals surface area contributed by atoms with Crippen molar-refractivity contribution >= 4 is 23.2 Å². The Hall–Kier alpha value is -4.66. The average Bonchev–Trinajstić information content (AvgIpc) is 3.39. The van der Waals surface area contributed by atoms with E-state index in [2.05, 4.69) is 20.7 Å². The molecule has 4 rings (SSSR count). The van der Waals surface area contributed by atoms with Crippen molar-refractivity contribution < 1.29 is 19.1 Å². The lowest BCUT2D eigenvalue weighted by Gasteiger charge is -2.09. The van der Waals surface area contributed by atoms with Gasteiger partial charge in [0.1, 0.15) is 11.5 Å². The summed E-state index contributed by atoms with van der Waals surface area (Å²) in [6.45, 7) is -0.170. The molecular weight excluding hydrogens is 422 g/mol. The average molecular weight is 443 g/mol. The number of ether oxygens (including phenoxy) is 2. The Labute approximate surface area is 190 Å². The largest absolute Gasteiger partial charge is 0.497 e. The Morgan fingerprint density at radius 3 is 2.48 bits per heavy atom. The van der Waals surface area contributed by atoms with Crippen molar-refractivity contribution in [2.75, 3.05) is 24.4 Å². The number of nitrogens with zero attached hydrogens (tertiary/aromatic N) is 3. The SMILES string of the molecule is COc1cccc(NC(=O)COc2ccc(C(=O)Nc3ccc(-n4cccn4)nc3)cc2)c1. The van der Waals surface area contributed by atoms with Gasteiger partial charge in [-0.15, -0.1) is 0 Å². The highest BCUT2D eigenvalue weighted by Gasteiger charge is 2.09. The summed E-state index contributed by atoms with van der Waals surface area (Å²) in [5.41, 5.74) is 1.62. The number of hydrogen-bond donors (Lipinski definition) is 2. The van der Waals surface area contributed by atoms with Crippen LogP contribution in [0.1, 0.15) is 10.4 Å². The first-order valence-electron chi connectivity index (χ1n) is 10.0. The summed E-state index contributed by atoms with van der Waals surface area (Å²) in [5.74, 6) is 1.17. The highest BCUT2D eigenvalue weighted by molar-refractivity contribution is 6.04. The van der Waals surface area contributed by atoms with Crippen LogP contribution >= 0.6 is 0 Å². The minimum atomic E-state index is -0.309. The molecule has 0 saturated heterocycles. The van der Waals surface area contributed by atoms with Crippen molar-refractivity contribution in [3.63, 3.8) is 0 Å². The number of methoxy groups -OCH3 is 1. The molecule has 2 aromatic carbocycles. The van der Waals surface area contributed by atoms with Crippen LogP contribution in [0.15, 0.2) is 85.3 Å². The summed E-state index contributed by atoms with van der Waals surface area (Å²) < 4.78 is 12.3. The molecule has 0 spiro atoms. The molecule has 0 aliphatic heterocycles. The molecule has 4 aromatic rings. The molecule has 9 heteroatoms. The van der Waals surface area contributed by atoms with Crippen LogP contribution in [0, 0.1) is 0 Å². The monoisotopic (exact) mass is 443 g/mol. The van der Waals surface area contributed by atoms with E-state index >= 15 is 0 Å². The van der Waals surface area contributed by atoms with E-state index in [1.54, 1.807) is 97.1 Å². The van der Waals surface area contributed by atoms with Gasteiger partial charge < -0.3 is 20.1 Å². The Balaban J connectivity index is 1.28. The van der Waals surface area contributed by atoms with Crippen LogP contribution < -0.4 is 20.1 Å². The first-order valence-corrected chi connectivity index (χ1v) is 10.0. The molecule has 9 nitrogen and oxygen atoms in total. The fraction of sp³-hybridized carbons (Fsp3) is 0.0833. The highest BCUT2D eigenvalue weighted by atomic mass is 16.5. The fourth-order valence-corrected chi connectivity index (χ4v) is 2.95. The second-order valence-electron chi connectivity index (χ2n) is 6.90. The topological polar surface area (TPSA) is 107 Å². The van der Waals surface area contributed by atoms with Gasteiger partial charge in [-0.3, -0.25) is 9.59 Å². The van der Waals surface area contributed by atoms with E-state index in [0.717, 1.165) is 0 Å². The predicted molar refractivity (Wildman–Crippen MR) is 123 cm³/mol. The predicted octanol–water partition coefficient (Wildman–Crippen LogP) is 3.55. The number of benzene rings is 2. The second-order valence-corrected chi connectivity index (χ2v) is 6.90. The molecule has 166 valence electrons. The quantitative estimate of drug-likeness (QED) is 0.431. The van der Waals surface area contributed by atoms with Gasteiger partial charge in [-0.2, -0.15) is 5.10 Å². The molecule has 2 amide bonds. The van der Waals surface area contributed by atoms with Crippen molar-refractivity contribution in [1.29, 1.82) is 0 Å². The highest BCUT2D eigenvalue weighted by Crippen LogP contribution is 2.17. The summed E-state index contributed by atoms with van der Waals surface area (Å²) in [4.78, 5) is 28.9. The molecule has 2 heterocycles. The molecule has 2 aromatic heterocycles. The van der Waals surface area contributed by atoms with Crippen LogP contribution in [-0.2, 0) is 4.79 Å². The van der Waals surface area contributed by atoms with Gasteiger partial charge >= 0.3 is 0 Å². The molecule has 0 unspecified atom stereocenters. The molecule has 33 heavy (non-hydrogen) atoms. The van der Waals surface area contributed by atoms with Gasteiger partial charge in [0.15, 0.2) is 12.4 Å². The third-order valence-corrected chi connectivity index (χ3v) is 4.58. The van der Waals surface area contributed by atoms with E-state index in [9.17, 15) is 9.59 Å². The van der Waals surface area contributed by atoms with Crippen molar-refractivity contribution in [2.24, 2.45) is 0 Å². The third-order valence-electron chi connectivity index (χ3n) is 4.58. The molecule has 0 atom stereocenters. The van der Waals surface area contributed by atoms with Gasteiger partial charge in [0.05, 0.1) is 19.0 Å². The first kappa shape index (κ1) is 21.6. The number of rotatable bonds is 8. The Bertz CT molecular complexity index is 1220. The van der Waals surface area contributed by atoms with Crippen LogP contribution in [0.25, 0.3) is 5.82 Å².